The Labute approximate surface area is 118 Å². The molecule has 3 N–H and O–H groups in total. The number of nitrogens with one attached hydrogen (secondary N) is 2. The van der Waals surface area contributed by atoms with Gasteiger partial charge >= 0.3 is 5.97 Å². The Balaban J connectivity index is 2.32. The summed E-state index contributed by atoms with van der Waals surface area (Å²) in [4.78, 5) is 26.0. The van der Waals surface area contributed by atoms with Crippen LogP contribution in [0.2, 0.25) is 0 Å². The summed E-state index contributed by atoms with van der Waals surface area (Å²) in [7, 11) is 0. The molecule has 0 radical (unpaired) electrons. The lowest BCUT2D eigenvalue weighted by Gasteiger charge is -2.20. The molecule has 0 atom stereocenters. The van der Waals surface area contributed by atoms with Gasteiger partial charge in [0.05, 0.1) is 0 Å². The number of nitrogens with zero attached hydrogens (tertiary/aromatic N) is 1. The van der Waals surface area contributed by atoms with Gasteiger partial charge in [-0.15, -0.1) is 0 Å². The maximum absolute atomic E-state index is 11.6. The number of hydrogen-bond acceptors (Lipinski definition) is 4. The lowest BCUT2D eigenvalue weighted by Crippen LogP contribution is -2.38. The van der Waals surface area contributed by atoms with E-state index in [0.29, 0.717) is 19.5 Å². The van der Waals surface area contributed by atoms with E-state index in [1.165, 1.54) is 12.3 Å². The maximum Gasteiger partial charge on any atom is 0.354 e. The van der Waals surface area contributed by atoms with E-state index in [-0.39, 0.29) is 17.1 Å². The highest BCUT2D eigenvalue weighted by Gasteiger charge is 2.09. The Hall–Kier alpha value is -1.95. The maximum atomic E-state index is 11.6. The molecule has 0 fully saturated rings. The zero-order valence-corrected chi connectivity index (χ0v) is 12.1. The second kappa shape index (κ2) is 7.00. The van der Waals surface area contributed by atoms with Crippen LogP contribution in [0.5, 0.6) is 0 Å². The number of rotatable bonds is 6. The highest BCUT2D eigenvalue weighted by Crippen LogP contribution is 2.01. The summed E-state index contributed by atoms with van der Waals surface area (Å²) in [6.45, 7) is 7.09. The van der Waals surface area contributed by atoms with Crippen molar-refractivity contribution in [1.29, 1.82) is 0 Å². The Kier molecular flexibility index (Phi) is 5.64. The van der Waals surface area contributed by atoms with Crippen LogP contribution in [0, 0.1) is 0 Å². The third kappa shape index (κ3) is 6.29. The van der Waals surface area contributed by atoms with Gasteiger partial charge in [0.15, 0.2) is 0 Å². The van der Waals surface area contributed by atoms with Gasteiger partial charge < -0.3 is 15.7 Å². The molecule has 1 rings (SSSR count). The van der Waals surface area contributed by atoms with Gasteiger partial charge in [-0.2, -0.15) is 0 Å². The zero-order valence-electron chi connectivity index (χ0n) is 12.1. The van der Waals surface area contributed by atoms with Crippen LogP contribution in [0.1, 0.15) is 43.2 Å². The number of aromatic carboxylic acids is 1. The van der Waals surface area contributed by atoms with Crippen molar-refractivity contribution >= 4 is 11.9 Å². The fraction of sp³-hybridized carbons (Fsp3) is 0.500. The molecule has 110 valence electrons. The van der Waals surface area contributed by atoms with Crippen molar-refractivity contribution in [3.8, 4) is 0 Å². The monoisotopic (exact) mass is 279 g/mol. The molecule has 0 saturated heterocycles. The molecular formula is C14H21N3O3. The molecule has 0 aromatic carbocycles. The Morgan fingerprint density at radius 2 is 2.00 bits per heavy atom. The molecule has 0 saturated carbocycles. The first-order chi connectivity index (χ1) is 9.28. The lowest BCUT2D eigenvalue weighted by atomic mass is 10.1. The van der Waals surface area contributed by atoms with Crippen molar-refractivity contribution in [1.82, 2.24) is 15.6 Å². The molecular weight excluding hydrogens is 258 g/mol. The summed E-state index contributed by atoms with van der Waals surface area (Å²) in [5, 5.41) is 14.7. The fourth-order valence-electron chi connectivity index (χ4n) is 1.50. The largest absolute Gasteiger partial charge is 0.477 e. The number of carboxylic acids is 1. The number of hydrogen-bond donors (Lipinski definition) is 3. The van der Waals surface area contributed by atoms with E-state index in [2.05, 4.69) is 15.6 Å². The molecule has 0 unspecified atom stereocenters. The van der Waals surface area contributed by atoms with Crippen LogP contribution < -0.4 is 10.6 Å². The molecule has 1 heterocycles. The topological polar surface area (TPSA) is 91.3 Å². The average molecular weight is 279 g/mol. The van der Waals surface area contributed by atoms with Gasteiger partial charge in [-0.3, -0.25) is 4.79 Å². The van der Waals surface area contributed by atoms with E-state index < -0.39 is 5.97 Å². The second-order valence-corrected chi connectivity index (χ2v) is 5.56. The standard InChI is InChI=1S/C14H21N3O3/c1-14(2,3)17-7-6-12(18)16-9-10-4-5-11(13(19)20)15-8-10/h4-5,8,17H,6-7,9H2,1-3H3,(H,16,18)(H,19,20). The molecule has 0 aliphatic rings. The van der Waals surface area contributed by atoms with Gasteiger partial charge in [0.2, 0.25) is 5.91 Å². The number of carbonyl (C=O) groups excluding carboxylic acids is 1. The number of aromatic nitrogens is 1. The quantitative estimate of drug-likeness (QED) is 0.727. The lowest BCUT2D eigenvalue weighted by molar-refractivity contribution is -0.121. The molecule has 0 bridgehead atoms. The third-order valence-electron chi connectivity index (χ3n) is 2.54. The summed E-state index contributed by atoms with van der Waals surface area (Å²) in [6, 6.07) is 3.06. The fourth-order valence-corrected chi connectivity index (χ4v) is 1.50. The minimum atomic E-state index is -1.06. The van der Waals surface area contributed by atoms with Crippen LogP contribution in [0.15, 0.2) is 18.3 Å². The van der Waals surface area contributed by atoms with Crippen LogP contribution >= 0.6 is 0 Å². The van der Waals surface area contributed by atoms with Crippen molar-refractivity contribution < 1.29 is 14.7 Å². The molecule has 1 amide bonds. The number of carboxylic acid groups (broad SMARTS) is 1. The van der Waals surface area contributed by atoms with E-state index in [1.807, 2.05) is 20.8 Å². The molecule has 0 aliphatic heterocycles. The minimum absolute atomic E-state index is 0.00311. The summed E-state index contributed by atoms with van der Waals surface area (Å²) in [5.74, 6) is -1.11. The van der Waals surface area contributed by atoms with Gasteiger partial charge in [0.1, 0.15) is 5.69 Å². The second-order valence-electron chi connectivity index (χ2n) is 5.56. The van der Waals surface area contributed by atoms with E-state index in [0.717, 1.165) is 5.56 Å². The van der Waals surface area contributed by atoms with Gasteiger partial charge in [0, 0.05) is 31.2 Å². The van der Waals surface area contributed by atoms with Crippen LogP contribution in [0.25, 0.3) is 0 Å². The molecule has 6 nitrogen and oxygen atoms in total. The minimum Gasteiger partial charge on any atom is -0.477 e. The summed E-state index contributed by atoms with van der Waals surface area (Å²) < 4.78 is 0. The smallest absolute Gasteiger partial charge is 0.354 e. The van der Waals surface area contributed by atoms with Gasteiger partial charge in [-0.1, -0.05) is 6.07 Å². The summed E-state index contributed by atoms with van der Waals surface area (Å²) in [6.07, 6.45) is 1.86. The molecule has 1 aromatic rings. The summed E-state index contributed by atoms with van der Waals surface area (Å²) in [5.41, 5.74) is 0.762. The van der Waals surface area contributed by atoms with Gasteiger partial charge in [-0.05, 0) is 32.4 Å². The van der Waals surface area contributed by atoms with Crippen molar-refractivity contribution in [2.24, 2.45) is 0 Å². The zero-order chi connectivity index (χ0) is 15.2. The van der Waals surface area contributed by atoms with Crippen molar-refractivity contribution in [2.75, 3.05) is 6.54 Å². The Morgan fingerprint density at radius 3 is 2.50 bits per heavy atom. The highest BCUT2D eigenvalue weighted by atomic mass is 16.4. The number of pyridine rings is 1. The van der Waals surface area contributed by atoms with E-state index in [9.17, 15) is 9.59 Å². The van der Waals surface area contributed by atoms with E-state index in [4.69, 9.17) is 5.11 Å². The van der Waals surface area contributed by atoms with Crippen LogP contribution in [-0.2, 0) is 11.3 Å². The highest BCUT2D eigenvalue weighted by molar-refractivity contribution is 5.85. The molecule has 6 heteroatoms. The number of amides is 1. The molecule has 20 heavy (non-hydrogen) atoms. The van der Waals surface area contributed by atoms with Crippen LogP contribution in [0.3, 0.4) is 0 Å². The summed E-state index contributed by atoms with van der Waals surface area (Å²) >= 11 is 0. The van der Waals surface area contributed by atoms with Crippen molar-refractivity contribution in [3.63, 3.8) is 0 Å². The predicted octanol–water partition coefficient (Wildman–Crippen LogP) is 1.17. The van der Waals surface area contributed by atoms with Gasteiger partial charge in [0.25, 0.3) is 0 Å². The van der Waals surface area contributed by atoms with E-state index in [1.54, 1.807) is 6.07 Å². The Bertz CT molecular complexity index is 464. The van der Waals surface area contributed by atoms with Crippen LogP contribution in [0.4, 0.5) is 0 Å². The molecule has 0 aliphatic carbocycles. The van der Waals surface area contributed by atoms with Crippen LogP contribution in [-0.4, -0.2) is 34.1 Å². The van der Waals surface area contributed by atoms with E-state index >= 15 is 0 Å². The van der Waals surface area contributed by atoms with Crippen molar-refractivity contribution in [2.45, 2.75) is 39.3 Å². The van der Waals surface area contributed by atoms with Gasteiger partial charge in [-0.25, -0.2) is 9.78 Å². The third-order valence-corrected chi connectivity index (χ3v) is 2.54. The predicted molar refractivity (Wildman–Crippen MR) is 75.4 cm³/mol. The normalized spacial score (nSPS) is 11.2. The first-order valence-electron chi connectivity index (χ1n) is 6.48. The average Bonchev–Trinajstić information content (AvgIpc) is 2.35. The molecule has 0 spiro atoms. The Morgan fingerprint density at radius 1 is 1.30 bits per heavy atom. The number of carbonyl (C=O) groups is 2. The molecule has 1 aromatic heterocycles. The first kappa shape index (κ1) is 16.1. The van der Waals surface area contributed by atoms with Crippen molar-refractivity contribution in [3.05, 3.63) is 29.6 Å². The first-order valence-corrected chi connectivity index (χ1v) is 6.48. The SMILES string of the molecule is CC(C)(C)NCCC(=O)NCc1ccc(C(=O)O)nc1.